The van der Waals surface area contributed by atoms with Crippen molar-refractivity contribution in [3.8, 4) is 11.5 Å². The van der Waals surface area contributed by atoms with Gasteiger partial charge in [0.15, 0.2) is 5.75 Å². The van der Waals surface area contributed by atoms with Crippen LogP contribution in [0.5, 0.6) is 11.5 Å². The van der Waals surface area contributed by atoms with Crippen molar-refractivity contribution < 1.29 is 4.74 Å². The summed E-state index contributed by atoms with van der Waals surface area (Å²) in [6.45, 7) is 1.39. The first-order valence-electron chi connectivity index (χ1n) is 5.98. The number of aromatic nitrogens is 2. The highest BCUT2D eigenvalue weighted by atomic mass is 35.5. The standard InChI is InChI=1S/C13H15ClN4O/c14-11-4-1-2-5-12(11)19-10-8-17-13(18-9-10)16-7-3-6-15/h1-2,4-5,8-9H,3,6-7,15H2,(H,16,17,18). The van der Waals surface area contributed by atoms with E-state index in [1.807, 2.05) is 12.1 Å². The van der Waals surface area contributed by atoms with Crippen molar-refractivity contribution in [3.63, 3.8) is 0 Å². The van der Waals surface area contributed by atoms with Gasteiger partial charge in [-0.15, -0.1) is 0 Å². The summed E-state index contributed by atoms with van der Waals surface area (Å²) in [6.07, 6.45) is 4.07. The molecule has 0 saturated heterocycles. The minimum absolute atomic E-state index is 0.539. The molecule has 3 N–H and O–H groups in total. The monoisotopic (exact) mass is 278 g/mol. The van der Waals surface area contributed by atoms with E-state index in [0.29, 0.717) is 29.0 Å². The minimum atomic E-state index is 0.539. The number of nitrogens with one attached hydrogen (secondary N) is 1. The summed E-state index contributed by atoms with van der Waals surface area (Å²) >= 11 is 6.00. The number of nitrogens with zero attached hydrogens (tertiary/aromatic N) is 2. The van der Waals surface area contributed by atoms with Crippen LogP contribution < -0.4 is 15.8 Å². The summed E-state index contributed by atoms with van der Waals surface area (Å²) in [5.41, 5.74) is 5.40. The van der Waals surface area contributed by atoms with Crippen molar-refractivity contribution in [3.05, 3.63) is 41.7 Å². The molecule has 0 fully saturated rings. The van der Waals surface area contributed by atoms with Gasteiger partial charge < -0.3 is 15.8 Å². The third-order valence-corrected chi connectivity index (χ3v) is 2.67. The maximum Gasteiger partial charge on any atom is 0.222 e. The first-order valence-corrected chi connectivity index (χ1v) is 6.36. The number of hydrogen-bond donors (Lipinski definition) is 2. The fourth-order valence-electron chi connectivity index (χ4n) is 1.42. The lowest BCUT2D eigenvalue weighted by Crippen LogP contribution is -2.10. The van der Waals surface area contributed by atoms with Gasteiger partial charge in [-0.25, -0.2) is 9.97 Å². The second-order valence-corrected chi connectivity index (χ2v) is 4.25. The van der Waals surface area contributed by atoms with Crippen LogP contribution in [0.1, 0.15) is 6.42 Å². The van der Waals surface area contributed by atoms with E-state index in [1.165, 1.54) is 0 Å². The zero-order valence-corrected chi connectivity index (χ0v) is 11.1. The Kier molecular flexibility index (Phi) is 4.94. The third kappa shape index (κ3) is 4.08. The molecule has 0 aliphatic carbocycles. The Morgan fingerprint density at radius 3 is 2.63 bits per heavy atom. The van der Waals surface area contributed by atoms with Gasteiger partial charge in [0.1, 0.15) is 5.75 Å². The van der Waals surface area contributed by atoms with Crippen LogP contribution in [-0.4, -0.2) is 23.1 Å². The highest BCUT2D eigenvalue weighted by Gasteiger charge is 2.03. The van der Waals surface area contributed by atoms with Gasteiger partial charge >= 0.3 is 0 Å². The molecule has 0 atom stereocenters. The Labute approximate surface area is 116 Å². The van der Waals surface area contributed by atoms with Gasteiger partial charge in [-0.2, -0.15) is 0 Å². The average Bonchev–Trinajstić information content (AvgIpc) is 2.44. The highest BCUT2D eigenvalue weighted by molar-refractivity contribution is 6.32. The van der Waals surface area contributed by atoms with E-state index in [2.05, 4.69) is 15.3 Å². The van der Waals surface area contributed by atoms with Gasteiger partial charge in [-0.05, 0) is 25.1 Å². The molecule has 19 heavy (non-hydrogen) atoms. The summed E-state index contributed by atoms with van der Waals surface area (Å²) in [4.78, 5) is 8.29. The molecule has 0 bridgehead atoms. The van der Waals surface area contributed by atoms with Gasteiger partial charge in [-0.3, -0.25) is 0 Å². The Hall–Kier alpha value is -1.85. The van der Waals surface area contributed by atoms with Crippen LogP contribution in [0, 0.1) is 0 Å². The summed E-state index contributed by atoms with van der Waals surface area (Å²) in [7, 11) is 0. The number of ether oxygens (including phenoxy) is 1. The quantitative estimate of drug-likeness (QED) is 0.795. The van der Waals surface area contributed by atoms with E-state index in [9.17, 15) is 0 Å². The molecule has 2 aromatic rings. The fourth-order valence-corrected chi connectivity index (χ4v) is 1.59. The number of para-hydroxylation sites is 1. The van der Waals surface area contributed by atoms with E-state index in [-0.39, 0.29) is 0 Å². The average molecular weight is 279 g/mol. The predicted octanol–water partition coefficient (Wildman–Crippen LogP) is 2.68. The summed E-state index contributed by atoms with van der Waals surface area (Å²) in [6, 6.07) is 7.25. The second-order valence-electron chi connectivity index (χ2n) is 3.84. The first-order chi connectivity index (χ1) is 9.29. The predicted molar refractivity (Wildman–Crippen MR) is 75.7 cm³/mol. The summed E-state index contributed by atoms with van der Waals surface area (Å²) in [5.74, 6) is 1.68. The zero-order valence-electron chi connectivity index (χ0n) is 10.3. The van der Waals surface area contributed by atoms with Gasteiger partial charge in [0.25, 0.3) is 0 Å². The van der Waals surface area contributed by atoms with E-state index in [0.717, 1.165) is 13.0 Å². The Morgan fingerprint density at radius 2 is 1.95 bits per heavy atom. The summed E-state index contributed by atoms with van der Waals surface area (Å²) < 4.78 is 5.59. The van der Waals surface area contributed by atoms with Crippen LogP contribution in [0.4, 0.5) is 5.95 Å². The molecule has 5 nitrogen and oxygen atoms in total. The van der Waals surface area contributed by atoms with Crippen LogP contribution in [-0.2, 0) is 0 Å². The molecule has 1 aromatic carbocycles. The Morgan fingerprint density at radius 1 is 1.21 bits per heavy atom. The molecule has 0 spiro atoms. The molecule has 0 unspecified atom stereocenters. The maximum atomic E-state index is 6.00. The van der Waals surface area contributed by atoms with Crippen LogP contribution in [0.2, 0.25) is 5.02 Å². The van der Waals surface area contributed by atoms with Crippen LogP contribution in [0.25, 0.3) is 0 Å². The SMILES string of the molecule is NCCCNc1ncc(Oc2ccccc2Cl)cn1. The number of hydrogen-bond acceptors (Lipinski definition) is 5. The first kappa shape index (κ1) is 13.6. The van der Waals surface area contributed by atoms with E-state index < -0.39 is 0 Å². The van der Waals surface area contributed by atoms with Crippen molar-refractivity contribution in [2.24, 2.45) is 5.73 Å². The molecule has 1 heterocycles. The molecular weight excluding hydrogens is 264 g/mol. The molecule has 0 radical (unpaired) electrons. The molecule has 0 aliphatic rings. The number of halogens is 1. The Bertz CT molecular complexity index is 518. The lowest BCUT2D eigenvalue weighted by Gasteiger charge is -2.07. The molecule has 0 amide bonds. The topological polar surface area (TPSA) is 73.1 Å². The van der Waals surface area contributed by atoms with Crippen molar-refractivity contribution in [1.82, 2.24) is 9.97 Å². The van der Waals surface area contributed by atoms with Gasteiger partial charge in [0.05, 0.1) is 17.4 Å². The summed E-state index contributed by atoms with van der Waals surface area (Å²) in [5, 5.41) is 3.61. The number of anilines is 1. The lowest BCUT2D eigenvalue weighted by molar-refractivity contribution is 0.478. The normalized spacial score (nSPS) is 10.2. The zero-order chi connectivity index (χ0) is 13.5. The number of nitrogens with two attached hydrogens (primary N) is 1. The van der Waals surface area contributed by atoms with Crippen molar-refractivity contribution in [1.29, 1.82) is 0 Å². The van der Waals surface area contributed by atoms with Crippen molar-refractivity contribution in [2.45, 2.75) is 6.42 Å². The molecule has 100 valence electrons. The minimum Gasteiger partial charge on any atom is -0.453 e. The second kappa shape index (κ2) is 6.92. The van der Waals surface area contributed by atoms with Crippen LogP contribution >= 0.6 is 11.6 Å². The van der Waals surface area contributed by atoms with E-state index in [1.54, 1.807) is 24.5 Å². The molecule has 0 saturated carbocycles. The van der Waals surface area contributed by atoms with E-state index >= 15 is 0 Å². The maximum absolute atomic E-state index is 6.00. The lowest BCUT2D eigenvalue weighted by atomic mass is 10.3. The number of rotatable bonds is 6. The molecule has 1 aromatic heterocycles. The molecule has 0 aliphatic heterocycles. The van der Waals surface area contributed by atoms with Crippen LogP contribution in [0.15, 0.2) is 36.7 Å². The van der Waals surface area contributed by atoms with Crippen molar-refractivity contribution in [2.75, 3.05) is 18.4 Å². The largest absolute Gasteiger partial charge is 0.453 e. The van der Waals surface area contributed by atoms with Gasteiger partial charge in [-0.1, -0.05) is 23.7 Å². The smallest absolute Gasteiger partial charge is 0.222 e. The molecule has 2 rings (SSSR count). The van der Waals surface area contributed by atoms with Crippen LogP contribution in [0.3, 0.4) is 0 Å². The molecular formula is C13H15ClN4O. The third-order valence-electron chi connectivity index (χ3n) is 2.36. The molecule has 6 heteroatoms. The Balaban J connectivity index is 1.97. The highest BCUT2D eigenvalue weighted by Crippen LogP contribution is 2.28. The van der Waals surface area contributed by atoms with Gasteiger partial charge in [0.2, 0.25) is 5.95 Å². The fraction of sp³-hybridized carbons (Fsp3) is 0.231. The van der Waals surface area contributed by atoms with Crippen molar-refractivity contribution >= 4 is 17.5 Å². The van der Waals surface area contributed by atoms with E-state index in [4.69, 9.17) is 22.1 Å². The van der Waals surface area contributed by atoms with Gasteiger partial charge in [0, 0.05) is 6.54 Å². The number of benzene rings is 1.